The summed E-state index contributed by atoms with van der Waals surface area (Å²) in [5.74, 6) is 0.752. The van der Waals surface area contributed by atoms with E-state index in [1.807, 2.05) is 42.1 Å². The molecule has 0 bridgehead atoms. The maximum atomic E-state index is 12.4. The Morgan fingerprint density at radius 2 is 2.29 bits per heavy atom. The van der Waals surface area contributed by atoms with Gasteiger partial charge in [-0.1, -0.05) is 18.2 Å². The van der Waals surface area contributed by atoms with E-state index in [0.717, 1.165) is 29.8 Å². The molecule has 2 heterocycles. The predicted molar refractivity (Wildman–Crippen MR) is 89.8 cm³/mol. The zero-order valence-electron chi connectivity index (χ0n) is 14.1. The summed E-state index contributed by atoms with van der Waals surface area (Å²) in [7, 11) is 3.57. The van der Waals surface area contributed by atoms with Gasteiger partial charge in [0.2, 0.25) is 5.91 Å². The second-order valence-corrected chi connectivity index (χ2v) is 6.07. The second-order valence-electron chi connectivity index (χ2n) is 6.07. The molecule has 1 saturated heterocycles. The SMILES string of the molecule is COc1ccccc1CC(=O)N[C@@H]1CCO[C@H](c2cncn2C)C1. The number of carbonyl (C=O) groups is 1. The first kappa shape index (κ1) is 16.5. The molecule has 6 nitrogen and oxygen atoms in total. The van der Waals surface area contributed by atoms with Crippen molar-refractivity contribution in [2.75, 3.05) is 13.7 Å². The molecule has 2 aromatic rings. The van der Waals surface area contributed by atoms with Gasteiger partial charge in [0.25, 0.3) is 0 Å². The fourth-order valence-corrected chi connectivity index (χ4v) is 3.11. The molecule has 1 amide bonds. The molecule has 1 aliphatic heterocycles. The molecule has 6 heteroatoms. The summed E-state index contributed by atoms with van der Waals surface area (Å²) < 4.78 is 13.1. The van der Waals surface area contributed by atoms with E-state index in [9.17, 15) is 4.79 Å². The Morgan fingerprint density at radius 3 is 3.04 bits per heavy atom. The van der Waals surface area contributed by atoms with Crippen LogP contribution >= 0.6 is 0 Å². The molecule has 2 atom stereocenters. The van der Waals surface area contributed by atoms with Crippen LogP contribution in [0, 0.1) is 0 Å². The third kappa shape index (κ3) is 3.76. The molecule has 128 valence electrons. The highest BCUT2D eigenvalue weighted by atomic mass is 16.5. The van der Waals surface area contributed by atoms with Gasteiger partial charge in [0.05, 0.1) is 31.7 Å². The molecular weight excluding hydrogens is 306 g/mol. The number of rotatable bonds is 5. The van der Waals surface area contributed by atoms with Gasteiger partial charge in [0.1, 0.15) is 11.9 Å². The van der Waals surface area contributed by atoms with Crippen molar-refractivity contribution in [3.05, 3.63) is 48.0 Å². The molecule has 24 heavy (non-hydrogen) atoms. The Labute approximate surface area is 141 Å². The lowest BCUT2D eigenvalue weighted by molar-refractivity contribution is -0.122. The van der Waals surface area contributed by atoms with Crippen LogP contribution in [0.2, 0.25) is 0 Å². The average Bonchev–Trinajstić information content (AvgIpc) is 3.01. The Kier molecular flexibility index (Phi) is 5.15. The van der Waals surface area contributed by atoms with Gasteiger partial charge in [-0.3, -0.25) is 4.79 Å². The maximum Gasteiger partial charge on any atom is 0.224 e. The summed E-state index contributed by atoms with van der Waals surface area (Å²) in [6.07, 6.45) is 5.47. The molecular formula is C18H23N3O3. The van der Waals surface area contributed by atoms with Gasteiger partial charge in [-0.2, -0.15) is 0 Å². The maximum absolute atomic E-state index is 12.4. The third-order valence-electron chi connectivity index (χ3n) is 4.38. The Hall–Kier alpha value is -2.34. The van der Waals surface area contributed by atoms with E-state index >= 15 is 0 Å². The van der Waals surface area contributed by atoms with Crippen molar-refractivity contribution in [3.8, 4) is 5.75 Å². The fourth-order valence-electron chi connectivity index (χ4n) is 3.11. The average molecular weight is 329 g/mol. The van der Waals surface area contributed by atoms with Crippen LogP contribution < -0.4 is 10.1 Å². The van der Waals surface area contributed by atoms with Crippen LogP contribution in [0.1, 0.15) is 30.2 Å². The highest BCUT2D eigenvalue weighted by molar-refractivity contribution is 5.79. The molecule has 0 radical (unpaired) electrons. The molecule has 1 aromatic carbocycles. The Bertz CT molecular complexity index is 698. The zero-order chi connectivity index (χ0) is 16.9. The minimum Gasteiger partial charge on any atom is -0.496 e. The van der Waals surface area contributed by atoms with Crippen molar-refractivity contribution in [2.45, 2.75) is 31.4 Å². The number of aryl methyl sites for hydroxylation is 1. The van der Waals surface area contributed by atoms with Gasteiger partial charge >= 0.3 is 0 Å². The third-order valence-corrected chi connectivity index (χ3v) is 4.38. The number of imidazole rings is 1. The van der Waals surface area contributed by atoms with Gasteiger partial charge in [-0.25, -0.2) is 4.98 Å². The van der Waals surface area contributed by atoms with E-state index in [0.29, 0.717) is 13.0 Å². The van der Waals surface area contributed by atoms with E-state index in [1.165, 1.54) is 0 Å². The van der Waals surface area contributed by atoms with Gasteiger partial charge in [0.15, 0.2) is 0 Å². The van der Waals surface area contributed by atoms with Crippen molar-refractivity contribution in [3.63, 3.8) is 0 Å². The van der Waals surface area contributed by atoms with E-state index < -0.39 is 0 Å². The number of hydrogen-bond acceptors (Lipinski definition) is 4. The Balaban J connectivity index is 1.59. The van der Waals surface area contributed by atoms with Crippen LogP contribution in [0.25, 0.3) is 0 Å². The van der Waals surface area contributed by atoms with E-state index in [-0.39, 0.29) is 18.1 Å². The molecule has 0 spiro atoms. The smallest absolute Gasteiger partial charge is 0.224 e. The zero-order valence-corrected chi connectivity index (χ0v) is 14.1. The van der Waals surface area contributed by atoms with Crippen LogP contribution in [-0.2, 0) is 23.0 Å². The lowest BCUT2D eigenvalue weighted by Crippen LogP contribution is -2.40. The summed E-state index contributed by atoms with van der Waals surface area (Å²) in [4.78, 5) is 16.5. The largest absolute Gasteiger partial charge is 0.496 e. The lowest BCUT2D eigenvalue weighted by Gasteiger charge is -2.30. The quantitative estimate of drug-likeness (QED) is 0.911. The first-order valence-electron chi connectivity index (χ1n) is 8.16. The molecule has 1 aliphatic rings. The van der Waals surface area contributed by atoms with Crippen molar-refractivity contribution in [1.29, 1.82) is 0 Å². The van der Waals surface area contributed by atoms with Crippen molar-refractivity contribution in [2.24, 2.45) is 7.05 Å². The molecule has 1 fully saturated rings. The lowest BCUT2D eigenvalue weighted by atomic mass is 10.0. The first-order chi connectivity index (χ1) is 11.7. The topological polar surface area (TPSA) is 65.4 Å². The summed E-state index contributed by atoms with van der Waals surface area (Å²) in [5.41, 5.74) is 1.94. The Morgan fingerprint density at radius 1 is 1.46 bits per heavy atom. The number of carbonyl (C=O) groups excluding carboxylic acids is 1. The van der Waals surface area contributed by atoms with Crippen molar-refractivity contribution < 1.29 is 14.3 Å². The predicted octanol–water partition coefficient (Wildman–Crippen LogP) is 2.01. The van der Waals surface area contributed by atoms with Crippen LogP contribution in [0.3, 0.4) is 0 Å². The minimum atomic E-state index is -0.0252. The summed E-state index contributed by atoms with van der Waals surface area (Å²) in [6, 6.07) is 7.71. The number of para-hydroxylation sites is 1. The van der Waals surface area contributed by atoms with Gasteiger partial charge in [-0.15, -0.1) is 0 Å². The second kappa shape index (κ2) is 7.49. The standard InChI is InChI=1S/C18H23N3O3/c1-21-12-19-11-15(21)17-10-14(7-8-24-17)20-18(22)9-13-5-3-4-6-16(13)23-2/h3-6,11-12,14,17H,7-10H2,1-2H3,(H,20,22)/t14-,17+/m1/s1. The highest BCUT2D eigenvalue weighted by Gasteiger charge is 2.26. The van der Waals surface area contributed by atoms with Crippen LogP contribution in [0.4, 0.5) is 0 Å². The van der Waals surface area contributed by atoms with E-state index in [1.54, 1.807) is 13.4 Å². The number of benzene rings is 1. The van der Waals surface area contributed by atoms with Gasteiger partial charge < -0.3 is 19.4 Å². The summed E-state index contributed by atoms with van der Waals surface area (Å²) in [5, 5.41) is 3.13. The number of nitrogens with zero attached hydrogens (tertiary/aromatic N) is 2. The summed E-state index contributed by atoms with van der Waals surface area (Å²) >= 11 is 0. The highest BCUT2D eigenvalue weighted by Crippen LogP contribution is 2.27. The molecule has 0 saturated carbocycles. The minimum absolute atomic E-state index is 0.00940. The summed E-state index contributed by atoms with van der Waals surface area (Å²) in [6.45, 7) is 0.634. The van der Waals surface area contributed by atoms with Crippen LogP contribution in [-0.4, -0.2) is 35.2 Å². The van der Waals surface area contributed by atoms with Crippen molar-refractivity contribution >= 4 is 5.91 Å². The van der Waals surface area contributed by atoms with Crippen LogP contribution in [0.15, 0.2) is 36.8 Å². The number of amides is 1. The molecule has 0 aliphatic carbocycles. The first-order valence-corrected chi connectivity index (χ1v) is 8.16. The van der Waals surface area contributed by atoms with Gasteiger partial charge in [0, 0.05) is 25.3 Å². The molecule has 1 aromatic heterocycles. The number of methoxy groups -OCH3 is 1. The molecule has 0 unspecified atom stereocenters. The number of hydrogen-bond donors (Lipinski definition) is 1. The normalized spacial score (nSPS) is 20.6. The number of nitrogens with one attached hydrogen (secondary N) is 1. The number of aromatic nitrogens is 2. The van der Waals surface area contributed by atoms with Gasteiger partial charge in [-0.05, 0) is 18.9 Å². The van der Waals surface area contributed by atoms with E-state index in [4.69, 9.17) is 9.47 Å². The monoisotopic (exact) mass is 329 g/mol. The number of ether oxygens (including phenoxy) is 2. The van der Waals surface area contributed by atoms with Crippen molar-refractivity contribution in [1.82, 2.24) is 14.9 Å². The molecule has 3 rings (SSSR count). The molecule has 1 N–H and O–H groups in total. The van der Waals surface area contributed by atoms with Crippen LogP contribution in [0.5, 0.6) is 5.75 Å². The van der Waals surface area contributed by atoms with E-state index in [2.05, 4.69) is 10.3 Å². The fraction of sp³-hybridized carbons (Fsp3) is 0.444.